The number of carbonyl (C=O) groups is 2. The second kappa shape index (κ2) is 8.82. The van der Waals surface area contributed by atoms with Crippen molar-refractivity contribution in [1.29, 1.82) is 0 Å². The highest BCUT2D eigenvalue weighted by atomic mass is 16.6. The Bertz CT molecular complexity index is 1250. The van der Waals surface area contributed by atoms with Gasteiger partial charge in [-0.15, -0.1) is 0 Å². The van der Waals surface area contributed by atoms with E-state index in [0.717, 1.165) is 6.39 Å². The summed E-state index contributed by atoms with van der Waals surface area (Å²) in [5, 5.41) is 23.0. The molecule has 2 amide bonds. The van der Waals surface area contributed by atoms with Crippen LogP contribution in [-0.2, 0) is 9.53 Å². The molecule has 3 aromatic rings. The molecule has 0 bridgehead atoms. The van der Waals surface area contributed by atoms with Crippen molar-refractivity contribution in [2.45, 2.75) is 24.5 Å². The normalized spacial score (nSPS) is 22.1. The van der Waals surface area contributed by atoms with E-state index in [1.807, 2.05) is 0 Å². The molecular formula is C19H20N8O6. The molecule has 14 heteroatoms. The van der Waals surface area contributed by atoms with Gasteiger partial charge in [-0.3, -0.25) is 14.2 Å². The van der Waals surface area contributed by atoms with Gasteiger partial charge in [0.1, 0.15) is 17.7 Å². The fourth-order valence-electron chi connectivity index (χ4n) is 3.25. The minimum Gasteiger partial charge on any atom is -0.438 e. The molecule has 0 saturated carbocycles. The van der Waals surface area contributed by atoms with Gasteiger partial charge in [-0.25, -0.2) is 19.9 Å². The molecule has 33 heavy (non-hydrogen) atoms. The molecule has 14 nitrogen and oxygen atoms in total. The minimum atomic E-state index is -1.46. The number of nitrogens with one attached hydrogen (secondary N) is 1. The molecule has 0 aliphatic carbocycles. The minimum absolute atomic E-state index is 0.0324. The molecule has 4 heterocycles. The first-order valence-corrected chi connectivity index (χ1v) is 9.68. The Morgan fingerprint density at radius 2 is 2.12 bits per heavy atom. The van der Waals surface area contributed by atoms with Gasteiger partial charge >= 0.3 is 0 Å². The van der Waals surface area contributed by atoms with E-state index in [2.05, 4.69) is 37.1 Å². The number of likely N-dealkylation sites (N-methyl/N-ethyl adjacent to an activating group) is 1. The summed E-state index contributed by atoms with van der Waals surface area (Å²) in [6.07, 6.45) is -1.53. The van der Waals surface area contributed by atoms with Crippen molar-refractivity contribution in [3.05, 3.63) is 30.5 Å². The number of rotatable bonds is 4. The van der Waals surface area contributed by atoms with E-state index in [1.54, 1.807) is 7.05 Å². The average Bonchev–Trinajstić information content (AvgIpc) is 3.54. The fraction of sp³-hybridized carbons (Fsp3) is 0.368. The number of hydrogen-bond acceptors (Lipinski definition) is 11. The molecule has 5 N–H and O–H groups in total. The number of fused-ring (bicyclic) bond motifs is 1. The number of aliphatic hydroxyl groups is 2. The van der Waals surface area contributed by atoms with Gasteiger partial charge < -0.3 is 35.3 Å². The smallest absolute Gasteiger partial charge is 0.291 e. The van der Waals surface area contributed by atoms with E-state index in [9.17, 15) is 19.8 Å². The summed E-state index contributed by atoms with van der Waals surface area (Å²) in [6.45, 7) is 0.0462. The SMILES string of the molecule is CNC(=O)[C@H]1O[C@@H](n2cnc3c(N)nc(C#CCN(C)C(=O)c4cnco4)nc32)[C@H](O)C1O. The quantitative estimate of drug-likeness (QED) is 0.314. The Morgan fingerprint density at radius 3 is 2.82 bits per heavy atom. The summed E-state index contributed by atoms with van der Waals surface area (Å²) >= 11 is 0. The van der Waals surface area contributed by atoms with Gasteiger partial charge in [0.15, 0.2) is 30.2 Å². The Balaban J connectivity index is 1.58. The van der Waals surface area contributed by atoms with Gasteiger partial charge in [0, 0.05) is 14.1 Å². The van der Waals surface area contributed by atoms with E-state index < -0.39 is 36.4 Å². The molecule has 4 rings (SSSR count). The van der Waals surface area contributed by atoms with E-state index in [1.165, 1.54) is 29.0 Å². The Hall–Kier alpha value is -4.06. The molecule has 0 spiro atoms. The van der Waals surface area contributed by atoms with Crippen LogP contribution in [0.2, 0.25) is 0 Å². The van der Waals surface area contributed by atoms with E-state index in [-0.39, 0.29) is 35.1 Å². The molecular weight excluding hydrogens is 436 g/mol. The van der Waals surface area contributed by atoms with Crippen molar-refractivity contribution >= 4 is 28.8 Å². The van der Waals surface area contributed by atoms with Crippen LogP contribution in [-0.4, -0.2) is 90.4 Å². The molecule has 1 unspecified atom stereocenters. The third-order valence-electron chi connectivity index (χ3n) is 4.97. The highest BCUT2D eigenvalue weighted by Crippen LogP contribution is 2.32. The van der Waals surface area contributed by atoms with Crippen LogP contribution in [0.15, 0.2) is 23.3 Å². The van der Waals surface area contributed by atoms with Crippen LogP contribution >= 0.6 is 0 Å². The summed E-state index contributed by atoms with van der Waals surface area (Å²) in [5.41, 5.74) is 6.39. The molecule has 4 atom stereocenters. The van der Waals surface area contributed by atoms with Crippen LogP contribution in [0.25, 0.3) is 11.2 Å². The topological polar surface area (TPSA) is 195 Å². The number of hydrogen-bond donors (Lipinski definition) is 4. The van der Waals surface area contributed by atoms with E-state index >= 15 is 0 Å². The van der Waals surface area contributed by atoms with Gasteiger partial charge in [-0.2, -0.15) is 0 Å². The second-order valence-electron chi connectivity index (χ2n) is 7.13. The van der Waals surface area contributed by atoms with Crippen molar-refractivity contribution in [2.24, 2.45) is 0 Å². The number of oxazole rings is 1. The molecule has 1 aliphatic heterocycles. The number of amides is 2. The highest BCUT2D eigenvalue weighted by Gasteiger charge is 2.47. The lowest BCUT2D eigenvalue weighted by molar-refractivity contribution is -0.137. The van der Waals surface area contributed by atoms with Crippen molar-refractivity contribution in [3.63, 3.8) is 0 Å². The predicted octanol–water partition coefficient (Wildman–Crippen LogP) is -2.11. The highest BCUT2D eigenvalue weighted by molar-refractivity contribution is 5.91. The van der Waals surface area contributed by atoms with Crippen molar-refractivity contribution < 1.29 is 29.0 Å². The molecule has 1 fully saturated rings. The van der Waals surface area contributed by atoms with E-state index in [4.69, 9.17) is 14.9 Å². The number of nitrogen functional groups attached to an aromatic ring is 1. The number of carbonyl (C=O) groups excluding carboxylic acids is 2. The summed E-state index contributed by atoms with van der Waals surface area (Å²) < 4.78 is 11.9. The third-order valence-corrected chi connectivity index (χ3v) is 4.97. The number of anilines is 1. The van der Waals surface area contributed by atoms with Crippen LogP contribution in [0.5, 0.6) is 0 Å². The summed E-state index contributed by atoms with van der Waals surface area (Å²) in [7, 11) is 2.93. The number of aromatic nitrogens is 5. The Labute approximate surface area is 186 Å². The fourth-order valence-corrected chi connectivity index (χ4v) is 3.25. The monoisotopic (exact) mass is 456 g/mol. The summed E-state index contributed by atoms with van der Waals surface area (Å²) in [6, 6.07) is 0. The first-order valence-electron chi connectivity index (χ1n) is 9.68. The summed E-state index contributed by atoms with van der Waals surface area (Å²) in [4.78, 5) is 41.6. The van der Waals surface area contributed by atoms with Gasteiger partial charge in [0.05, 0.1) is 19.1 Å². The van der Waals surface area contributed by atoms with Crippen LogP contribution in [0.1, 0.15) is 22.6 Å². The van der Waals surface area contributed by atoms with Gasteiger partial charge in [-0.05, 0) is 5.92 Å². The lowest BCUT2D eigenvalue weighted by Gasteiger charge is -2.16. The van der Waals surface area contributed by atoms with Gasteiger partial charge in [0.2, 0.25) is 11.6 Å². The zero-order valence-electron chi connectivity index (χ0n) is 17.5. The van der Waals surface area contributed by atoms with Crippen molar-refractivity contribution in [2.75, 3.05) is 26.4 Å². The van der Waals surface area contributed by atoms with Crippen LogP contribution in [0, 0.1) is 11.8 Å². The maximum absolute atomic E-state index is 12.2. The summed E-state index contributed by atoms with van der Waals surface area (Å²) in [5.74, 6) is 4.67. The average molecular weight is 456 g/mol. The molecule has 1 saturated heterocycles. The molecule has 3 aromatic heterocycles. The van der Waals surface area contributed by atoms with Gasteiger partial charge in [-0.1, -0.05) is 5.92 Å². The lowest BCUT2D eigenvalue weighted by Crippen LogP contribution is -2.41. The molecule has 172 valence electrons. The van der Waals surface area contributed by atoms with Crippen LogP contribution < -0.4 is 11.1 Å². The number of imidazole rings is 1. The van der Waals surface area contributed by atoms with Crippen LogP contribution in [0.3, 0.4) is 0 Å². The Morgan fingerprint density at radius 1 is 1.33 bits per heavy atom. The van der Waals surface area contributed by atoms with Crippen LogP contribution in [0.4, 0.5) is 5.82 Å². The predicted molar refractivity (Wildman–Crippen MR) is 110 cm³/mol. The number of nitrogens with two attached hydrogens (primary N) is 1. The third kappa shape index (κ3) is 4.07. The first kappa shape index (κ1) is 22.1. The van der Waals surface area contributed by atoms with E-state index in [0.29, 0.717) is 0 Å². The number of nitrogens with zero attached hydrogens (tertiary/aromatic N) is 6. The lowest BCUT2D eigenvalue weighted by atomic mass is 10.1. The van der Waals surface area contributed by atoms with Gasteiger partial charge in [0.25, 0.3) is 11.8 Å². The van der Waals surface area contributed by atoms with Crippen molar-refractivity contribution in [3.8, 4) is 11.8 Å². The molecule has 1 aliphatic rings. The molecule has 0 radical (unpaired) electrons. The maximum Gasteiger partial charge on any atom is 0.291 e. The molecule has 0 aromatic carbocycles. The zero-order valence-corrected chi connectivity index (χ0v) is 17.5. The largest absolute Gasteiger partial charge is 0.438 e. The Kier molecular flexibility index (Phi) is 5.92. The first-order chi connectivity index (χ1) is 15.8. The number of ether oxygens (including phenoxy) is 1. The number of aliphatic hydroxyl groups excluding tert-OH is 2. The van der Waals surface area contributed by atoms with Crippen molar-refractivity contribution in [1.82, 2.24) is 34.7 Å². The maximum atomic E-state index is 12.2. The zero-order chi connectivity index (χ0) is 23.7. The standard InChI is InChI=1S/C19H20N8O6/c1-21-17(30)14-12(28)13(29)19(33-14)27-7-23-11-15(20)24-10(25-16(11)27)4-3-5-26(2)18(31)9-6-22-8-32-9/h6-8,12-14,19,28-29H,5H2,1-2H3,(H,21,30)(H2,20,24,25)/t12?,13-,14+,19-/m1/s1. The second-order valence-corrected chi connectivity index (χ2v) is 7.13.